The van der Waals surface area contributed by atoms with E-state index in [4.69, 9.17) is 9.47 Å². The van der Waals surface area contributed by atoms with Crippen molar-refractivity contribution in [2.24, 2.45) is 47.3 Å². The fraction of sp³-hybridized carbons (Fsp3) is 0.278. The maximum atomic E-state index is 13.1. The van der Waals surface area contributed by atoms with Crippen molar-refractivity contribution < 1.29 is 28.7 Å². The van der Waals surface area contributed by atoms with Gasteiger partial charge in [-0.05, 0) is 97.2 Å². The van der Waals surface area contributed by atoms with E-state index >= 15 is 0 Å². The van der Waals surface area contributed by atoms with E-state index in [0.717, 1.165) is 12.8 Å². The lowest BCUT2D eigenvalue weighted by Gasteiger charge is -2.18. The minimum atomic E-state index is -0.232. The number of benzene rings is 3. The van der Waals surface area contributed by atoms with Gasteiger partial charge >= 0.3 is 0 Å². The van der Waals surface area contributed by atoms with Crippen LogP contribution < -0.4 is 19.3 Å². The zero-order valence-electron chi connectivity index (χ0n) is 23.6. The molecule has 4 amide bonds. The van der Waals surface area contributed by atoms with Gasteiger partial charge in [0.05, 0.1) is 35.0 Å². The van der Waals surface area contributed by atoms with E-state index in [0.29, 0.717) is 34.4 Å². The Morgan fingerprint density at radius 2 is 0.795 bits per heavy atom. The number of nitrogens with zero attached hydrogens (tertiary/aromatic N) is 2. The number of amides is 4. The molecule has 3 aromatic rings. The molecule has 9 rings (SSSR count). The van der Waals surface area contributed by atoms with E-state index in [-0.39, 0.29) is 71.0 Å². The van der Waals surface area contributed by atoms with Crippen LogP contribution >= 0.6 is 0 Å². The van der Waals surface area contributed by atoms with Crippen LogP contribution in [0.3, 0.4) is 0 Å². The predicted octanol–water partition coefficient (Wildman–Crippen LogP) is 5.89. The molecule has 6 aliphatic rings. The van der Waals surface area contributed by atoms with Gasteiger partial charge in [0, 0.05) is 6.07 Å². The quantitative estimate of drug-likeness (QED) is 0.265. The highest BCUT2D eigenvalue weighted by Gasteiger charge is 2.60. The Morgan fingerprint density at radius 1 is 0.455 bits per heavy atom. The van der Waals surface area contributed by atoms with Crippen molar-refractivity contribution in [3.8, 4) is 23.0 Å². The molecule has 2 heterocycles. The summed E-state index contributed by atoms with van der Waals surface area (Å²) in [5, 5.41) is 0. The summed E-state index contributed by atoms with van der Waals surface area (Å²) in [7, 11) is 0. The molecule has 8 heteroatoms. The lowest BCUT2D eigenvalue weighted by molar-refractivity contribution is -0.124. The fourth-order valence-corrected chi connectivity index (χ4v) is 8.51. The summed E-state index contributed by atoms with van der Waals surface area (Å²) in [5.74, 6) is 1.59. The Balaban J connectivity index is 0.864. The van der Waals surface area contributed by atoms with E-state index in [1.165, 1.54) is 9.80 Å². The summed E-state index contributed by atoms with van der Waals surface area (Å²) in [6.45, 7) is 0. The molecule has 3 aromatic carbocycles. The largest absolute Gasteiger partial charge is 0.457 e. The average molecular weight is 585 g/mol. The van der Waals surface area contributed by atoms with Crippen molar-refractivity contribution in [2.45, 2.75) is 12.8 Å². The second-order valence-electron chi connectivity index (χ2n) is 12.7. The number of anilines is 2. The Labute approximate surface area is 253 Å². The van der Waals surface area contributed by atoms with Crippen molar-refractivity contribution in [1.29, 1.82) is 0 Å². The van der Waals surface area contributed by atoms with Gasteiger partial charge in [-0.15, -0.1) is 0 Å². The van der Waals surface area contributed by atoms with E-state index in [2.05, 4.69) is 24.3 Å². The number of carbonyl (C=O) groups excluding carboxylic acids is 4. The van der Waals surface area contributed by atoms with Gasteiger partial charge < -0.3 is 9.47 Å². The van der Waals surface area contributed by atoms with E-state index in [1.807, 2.05) is 18.2 Å². The van der Waals surface area contributed by atoms with E-state index < -0.39 is 0 Å². The fourth-order valence-electron chi connectivity index (χ4n) is 8.51. The third kappa shape index (κ3) is 3.63. The minimum Gasteiger partial charge on any atom is -0.457 e. The number of hydrogen-bond acceptors (Lipinski definition) is 6. The molecule has 0 unspecified atom stereocenters. The van der Waals surface area contributed by atoms with Gasteiger partial charge in [-0.25, -0.2) is 0 Å². The normalized spacial score (nSPS) is 32.3. The van der Waals surface area contributed by atoms with Gasteiger partial charge in [0.2, 0.25) is 23.6 Å². The van der Waals surface area contributed by atoms with Crippen LogP contribution in [-0.4, -0.2) is 23.6 Å². The van der Waals surface area contributed by atoms with Crippen LogP contribution in [0.1, 0.15) is 12.8 Å². The molecule has 0 radical (unpaired) electrons. The molecular weight excluding hydrogens is 556 g/mol. The number of hydrogen-bond donors (Lipinski definition) is 0. The highest BCUT2D eigenvalue weighted by Crippen LogP contribution is 2.54. The SMILES string of the molecule is O=C1[C@@H]2[C@@H](C(=O)N1c1ccc(Oc3cccc(Oc4ccc(N5C(=O)[C@@H]6[C@H](C5=O)[C@H]5C=C[C@H]6C5)cc4)c3)cc1)[C@H]1C=C[C@H]2C1. The van der Waals surface area contributed by atoms with Gasteiger partial charge in [-0.1, -0.05) is 30.4 Å². The Bertz CT molecular complexity index is 1620. The van der Waals surface area contributed by atoms with Crippen molar-refractivity contribution >= 4 is 35.0 Å². The molecule has 0 spiro atoms. The lowest BCUT2D eigenvalue weighted by Crippen LogP contribution is -2.32. The summed E-state index contributed by atoms with van der Waals surface area (Å²) in [4.78, 5) is 55.2. The first-order valence-electron chi connectivity index (χ1n) is 15.2. The van der Waals surface area contributed by atoms with Gasteiger partial charge in [0.25, 0.3) is 0 Å². The molecule has 2 aliphatic heterocycles. The molecule has 4 aliphatic carbocycles. The smallest absolute Gasteiger partial charge is 0.238 e. The monoisotopic (exact) mass is 584 g/mol. The Kier molecular flexibility index (Phi) is 5.37. The molecule has 8 atom stereocenters. The first kappa shape index (κ1) is 25.5. The Morgan fingerprint density at radius 3 is 1.14 bits per heavy atom. The molecular formula is C36H28N2O6. The van der Waals surface area contributed by atoms with Crippen LogP contribution in [0.2, 0.25) is 0 Å². The average Bonchev–Trinajstić information content (AvgIpc) is 3.88. The molecule has 4 fully saturated rings. The second-order valence-corrected chi connectivity index (χ2v) is 12.7. The summed E-state index contributed by atoms with van der Waals surface area (Å²) >= 11 is 0. The van der Waals surface area contributed by atoms with Crippen LogP contribution in [0.5, 0.6) is 23.0 Å². The first-order chi connectivity index (χ1) is 21.4. The van der Waals surface area contributed by atoms with Gasteiger partial charge in [-0.2, -0.15) is 0 Å². The molecule has 4 bridgehead atoms. The van der Waals surface area contributed by atoms with Crippen LogP contribution in [0.4, 0.5) is 11.4 Å². The zero-order chi connectivity index (χ0) is 29.7. The minimum absolute atomic E-state index is 0.103. The van der Waals surface area contributed by atoms with Crippen molar-refractivity contribution in [3.63, 3.8) is 0 Å². The number of rotatable bonds is 6. The second kappa shape index (κ2) is 9.26. The Hall–Kier alpha value is -4.98. The third-order valence-electron chi connectivity index (χ3n) is 10.4. The zero-order valence-corrected chi connectivity index (χ0v) is 23.6. The summed E-state index contributed by atoms with van der Waals surface area (Å²) in [6, 6.07) is 21.2. The highest BCUT2D eigenvalue weighted by atomic mass is 16.5. The molecule has 2 saturated heterocycles. The van der Waals surface area contributed by atoms with Gasteiger partial charge in [-0.3, -0.25) is 29.0 Å². The van der Waals surface area contributed by atoms with Crippen molar-refractivity contribution in [3.05, 3.63) is 97.1 Å². The summed E-state index contributed by atoms with van der Waals surface area (Å²) in [5.41, 5.74) is 1.12. The first-order valence-corrected chi connectivity index (χ1v) is 15.2. The van der Waals surface area contributed by atoms with Crippen molar-refractivity contribution in [2.75, 3.05) is 9.80 Å². The summed E-state index contributed by atoms with van der Waals surface area (Å²) < 4.78 is 12.1. The molecule has 2 saturated carbocycles. The number of allylic oxidation sites excluding steroid dienone is 4. The number of carbonyl (C=O) groups is 4. The number of fused-ring (bicyclic) bond motifs is 10. The lowest BCUT2D eigenvalue weighted by atomic mass is 9.85. The third-order valence-corrected chi connectivity index (χ3v) is 10.4. The standard InChI is InChI=1S/C36H28N2O6/c39-33-29-19-4-5-20(16-19)30(29)34(40)37(33)23-8-12-25(13-9-23)43-27-2-1-3-28(18-27)44-26-14-10-24(11-15-26)38-35(41)31-21-6-7-22(17-21)32(31)36(38)42/h1-15,18-22,29-32H,16-17H2/t19-,20-,21-,22-,29-,30-,31-,32+/m0/s1. The summed E-state index contributed by atoms with van der Waals surface area (Å²) in [6.07, 6.45) is 10.2. The predicted molar refractivity (Wildman–Crippen MR) is 160 cm³/mol. The van der Waals surface area contributed by atoms with Gasteiger partial charge in [0.1, 0.15) is 23.0 Å². The van der Waals surface area contributed by atoms with Crippen LogP contribution in [-0.2, 0) is 19.2 Å². The molecule has 0 aromatic heterocycles. The molecule has 44 heavy (non-hydrogen) atoms. The van der Waals surface area contributed by atoms with E-state index in [1.54, 1.807) is 54.6 Å². The van der Waals surface area contributed by atoms with Crippen LogP contribution in [0.15, 0.2) is 97.1 Å². The number of imide groups is 2. The molecule has 0 N–H and O–H groups in total. The van der Waals surface area contributed by atoms with Crippen molar-refractivity contribution in [1.82, 2.24) is 0 Å². The topological polar surface area (TPSA) is 93.2 Å². The number of ether oxygens (including phenoxy) is 2. The maximum absolute atomic E-state index is 13.1. The van der Waals surface area contributed by atoms with Crippen LogP contribution in [0.25, 0.3) is 0 Å². The molecule has 8 nitrogen and oxygen atoms in total. The van der Waals surface area contributed by atoms with Crippen LogP contribution in [0, 0.1) is 47.3 Å². The highest BCUT2D eigenvalue weighted by molar-refractivity contribution is 6.23. The van der Waals surface area contributed by atoms with E-state index in [9.17, 15) is 19.2 Å². The molecule has 218 valence electrons. The van der Waals surface area contributed by atoms with Gasteiger partial charge in [0.15, 0.2) is 0 Å². The maximum Gasteiger partial charge on any atom is 0.238 e.